The zero-order valence-corrected chi connectivity index (χ0v) is 15.2. The van der Waals surface area contributed by atoms with Gasteiger partial charge < -0.3 is 5.11 Å². The van der Waals surface area contributed by atoms with E-state index in [9.17, 15) is 5.11 Å². The van der Waals surface area contributed by atoms with E-state index in [2.05, 4.69) is 32.6 Å². The van der Waals surface area contributed by atoms with Crippen LogP contribution in [0.25, 0.3) is 0 Å². The van der Waals surface area contributed by atoms with Gasteiger partial charge in [0.15, 0.2) is 0 Å². The molecule has 0 radical (unpaired) electrons. The Morgan fingerprint density at radius 1 is 1.00 bits per heavy atom. The van der Waals surface area contributed by atoms with Crippen LogP contribution in [0.5, 0.6) is 5.75 Å². The van der Waals surface area contributed by atoms with Gasteiger partial charge >= 0.3 is 0 Å². The van der Waals surface area contributed by atoms with Gasteiger partial charge in [-0.15, -0.1) is 0 Å². The van der Waals surface area contributed by atoms with Gasteiger partial charge in [-0.05, 0) is 59.1 Å². The number of aryl methyl sites for hydroxylation is 1. The quantitative estimate of drug-likeness (QED) is 0.741. The molecule has 0 unspecified atom stereocenters. The summed E-state index contributed by atoms with van der Waals surface area (Å²) in [4.78, 5) is 2.42. The summed E-state index contributed by atoms with van der Waals surface area (Å²) in [6.07, 6.45) is 0.804. The van der Waals surface area contributed by atoms with Crippen molar-refractivity contribution in [3.05, 3.63) is 65.2 Å². The summed E-state index contributed by atoms with van der Waals surface area (Å²) < 4.78 is 23.1. The first kappa shape index (κ1) is 14.5. The number of hydrogen-bond donors (Lipinski definition) is 1. The number of rotatable bonds is 7. The maximum atomic E-state index is 10.5. The molecule has 2 aromatic rings. The number of benzene rings is 2. The Hall–Kier alpha value is -1.80. The van der Waals surface area contributed by atoms with Crippen molar-refractivity contribution in [2.45, 2.75) is 59.0 Å². The van der Waals surface area contributed by atoms with Crippen LogP contribution in [-0.4, -0.2) is 28.6 Å². The molecule has 0 aliphatic carbocycles. The fourth-order valence-electron chi connectivity index (χ4n) is 3.41. The summed E-state index contributed by atoms with van der Waals surface area (Å²) >= 11 is 0. The first-order chi connectivity index (χ1) is 12.6. The molecule has 0 amide bonds. The molecule has 0 saturated carbocycles. The Kier molecular flexibility index (Phi) is 5.05. The van der Waals surface area contributed by atoms with Gasteiger partial charge in [-0.25, -0.2) is 0 Å². The molecule has 1 N–H and O–H groups in total. The fourth-order valence-corrected chi connectivity index (χ4v) is 3.41. The number of hydrogen-bond acceptors (Lipinski definition) is 2. The van der Waals surface area contributed by atoms with E-state index >= 15 is 0 Å². The molecule has 2 rings (SSSR count). The molecule has 130 valence electrons. The van der Waals surface area contributed by atoms with E-state index in [0.29, 0.717) is 17.6 Å². The number of phenols is 1. The second-order valence-electron chi connectivity index (χ2n) is 6.95. The van der Waals surface area contributed by atoms with Crippen LogP contribution in [0.4, 0.5) is 0 Å². The maximum Gasteiger partial charge on any atom is 0.119 e. The molecule has 0 aromatic heterocycles. The fraction of sp³-hybridized carbons (Fsp3) is 0.455. The van der Waals surface area contributed by atoms with E-state index in [4.69, 9.17) is 4.11 Å². The van der Waals surface area contributed by atoms with Gasteiger partial charge in [0.1, 0.15) is 5.75 Å². The van der Waals surface area contributed by atoms with Crippen LogP contribution in [0.3, 0.4) is 0 Å². The molecule has 24 heavy (non-hydrogen) atoms. The molecule has 2 aromatic carbocycles. The lowest BCUT2D eigenvalue weighted by molar-refractivity contribution is 0.170. The lowest BCUT2D eigenvalue weighted by Gasteiger charge is -2.32. The zero-order chi connectivity index (χ0) is 20.2. The summed E-state index contributed by atoms with van der Waals surface area (Å²) in [5, 5.41) is 10.5. The van der Waals surface area contributed by atoms with Gasteiger partial charge in [0.05, 0.1) is 0 Å². The molecule has 0 heterocycles. The predicted octanol–water partition coefficient (Wildman–Crippen LogP) is 5.34. The largest absolute Gasteiger partial charge is 0.508 e. The Balaban J connectivity index is 2.42. The smallest absolute Gasteiger partial charge is 0.119 e. The van der Waals surface area contributed by atoms with Gasteiger partial charge in [0.2, 0.25) is 0 Å². The summed E-state index contributed by atoms with van der Waals surface area (Å²) in [6, 6.07) is 15.5. The maximum absolute atomic E-state index is 10.5. The predicted molar refractivity (Wildman–Crippen MR) is 103 cm³/mol. The van der Waals surface area contributed by atoms with Gasteiger partial charge in [0.25, 0.3) is 0 Å². The van der Waals surface area contributed by atoms with Crippen LogP contribution in [-0.2, 0) is 0 Å². The van der Waals surface area contributed by atoms with E-state index in [1.54, 1.807) is 6.07 Å². The molecule has 0 spiro atoms. The summed E-state index contributed by atoms with van der Waals surface area (Å²) in [7, 11) is 0. The second kappa shape index (κ2) is 8.34. The number of phenolic OH excluding ortho intramolecular Hbond substituents is 1. The monoisotopic (exact) mass is 328 g/mol. The SMILES string of the molecule is [2H]C([2H])([2H])c1ccc(O)c([C@H](CCN(C(C)C)C(C)C)c2ccccc2)c1. The van der Waals surface area contributed by atoms with Crippen molar-refractivity contribution in [3.63, 3.8) is 0 Å². The molecule has 1 atom stereocenters. The van der Waals surface area contributed by atoms with Crippen molar-refractivity contribution in [2.75, 3.05) is 6.54 Å². The Morgan fingerprint density at radius 3 is 2.25 bits per heavy atom. The minimum absolute atomic E-state index is 0.0616. The average Bonchev–Trinajstić information content (AvgIpc) is 2.58. The zero-order valence-electron chi connectivity index (χ0n) is 18.2. The number of nitrogens with zero attached hydrogens (tertiary/aromatic N) is 1. The van der Waals surface area contributed by atoms with Crippen LogP contribution in [0.2, 0.25) is 0 Å². The van der Waals surface area contributed by atoms with Crippen molar-refractivity contribution in [3.8, 4) is 5.75 Å². The lowest BCUT2D eigenvalue weighted by Crippen LogP contribution is -2.38. The van der Waals surface area contributed by atoms with Crippen molar-refractivity contribution in [1.82, 2.24) is 4.90 Å². The number of aromatic hydroxyl groups is 1. The van der Waals surface area contributed by atoms with Crippen molar-refractivity contribution < 1.29 is 9.22 Å². The van der Waals surface area contributed by atoms with E-state index in [1.807, 2.05) is 30.3 Å². The molecular weight excluding hydrogens is 294 g/mol. The third-order valence-electron chi connectivity index (χ3n) is 4.61. The Morgan fingerprint density at radius 2 is 1.67 bits per heavy atom. The van der Waals surface area contributed by atoms with Crippen LogP contribution in [0.1, 0.15) is 60.8 Å². The average molecular weight is 329 g/mol. The highest BCUT2D eigenvalue weighted by Crippen LogP contribution is 2.35. The van der Waals surface area contributed by atoms with E-state index < -0.39 is 6.85 Å². The van der Waals surface area contributed by atoms with Gasteiger partial charge in [0, 0.05) is 27.7 Å². The van der Waals surface area contributed by atoms with Gasteiger partial charge in [-0.1, -0.05) is 48.0 Å². The van der Waals surface area contributed by atoms with E-state index in [-0.39, 0.29) is 17.2 Å². The molecule has 0 fully saturated rings. The second-order valence-corrected chi connectivity index (χ2v) is 6.95. The molecule has 0 aliphatic heterocycles. The summed E-state index contributed by atoms with van der Waals surface area (Å²) in [5.41, 5.74) is 2.03. The first-order valence-electron chi connectivity index (χ1n) is 10.2. The minimum Gasteiger partial charge on any atom is -0.508 e. The van der Waals surface area contributed by atoms with Gasteiger partial charge in [-0.2, -0.15) is 0 Å². The molecule has 0 aliphatic rings. The Bertz CT molecular complexity index is 718. The van der Waals surface area contributed by atoms with Crippen LogP contribution in [0.15, 0.2) is 48.5 Å². The molecule has 2 heteroatoms. The van der Waals surface area contributed by atoms with Crippen LogP contribution < -0.4 is 0 Å². The van der Waals surface area contributed by atoms with Crippen LogP contribution in [0, 0.1) is 6.85 Å². The van der Waals surface area contributed by atoms with Crippen molar-refractivity contribution in [2.24, 2.45) is 0 Å². The highest BCUT2D eigenvalue weighted by atomic mass is 16.3. The third-order valence-corrected chi connectivity index (χ3v) is 4.61. The topological polar surface area (TPSA) is 23.5 Å². The lowest BCUT2D eigenvalue weighted by atomic mass is 9.87. The first-order valence-corrected chi connectivity index (χ1v) is 8.75. The minimum atomic E-state index is -2.19. The van der Waals surface area contributed by atoms with E-state index in [1.165, 1.54) is 12.1 Å². The van der Waals surface area contributed by atoms with Crippen LogP contribution >= 0.6 is 0 Å². The molecule has 0 saturated heterocycles. The molecular formula is C22H31NO. The molecule has 0 bridgehead atoms. The van der Waals surface area contributed by atoms with Crippen molar-refractivity contribution >= 4 is 0 Å². The highest BCUT2D eigenvalue weighted by Gasteiger charge is 2.21. The molecule has 2 nitrogen and oxygen atoms in total. The Labute approximate surface area is 151 Å². The summed E-state index contributed by atoms with van der Waals surface area (Å²) in [6.45, 7) is 7.42. The highest BCUT2D eigenvalue weighted by molar-refractivity contribution is 5.43. The van der Waals surface area contributed by atoms with Gasteiger partial charge in [-0.3, -0.25) is 4.90 Å². The third kappa shape index (κ3) is 4.61. The summed E-state index contributed by atoms with van der Waals surface area (Å²) in [5.74, 6) is 0.0889. The van der Waals surface area contributed by atoms with Crippen molar-refractivity contribution in [1.29, 1.82) is 0 Å². The van der Waals surface area contributed by atoms with E-state index in [0.717, 1.165) is 18.5 Å². The standard InChI is InChI=1S/C22H31NO/c1-16(2)23(17(3)4)14-13-20(19-9-7-6-8-10-19)21-15-18(5)11-12-22(21)24/h6-12,15-17,20,24H,13-14H2,1-5H3/t20-/m1/s1/i5D3. The normalized spacial score (nSPS) is 15.4.